The van der Waals surface area contributed by atoms with Crippen molar-refractivity contribution in [3.05, 3.63) is 68.4 Å². The van der Waals surface area contributed by atoms with Gasteiger partial charge in [0, 0.05) is 4.47 Å². The quantitative estimate of drug-likeness (QED) is 0.798. The summed E-state index contributed by atoms with van der Waals surface area (Å²) in [6.45, 7) is 9.11. The first kappa shape index (κ1) is 16.2. The predicted molar refractivity (Wildman–Crippen MR) is 90.3 cm³/mol. The van der Waals surface area contributed by atoms with Gasteiger partial charge in [0.1, 0.15) is 5.82 Å². The van der Waals surface area contributed by atoms with Crippen LogP contribution in [0.1, 0.15) is 40.8 Å². The Bertz CT molecular complexity index is 652. The third-order valence-corrected chi connectivity index (χ3v) is 4.66. The summed E-state index contributed by atoms with van der Waals surface area (Å²) in [6, 6.07) is 9.45. The van der Waals surface area contributed by atoms with E-state index in [1.807, 2.05) is 13.0 Å². The SMILES string of the molecule is CCNC(c1ccc(F)cc1C)c1cc(C)c(Br)cc1C. The van der Waals surface area contributed by atoms with E-state index in [0.29, 0.717) is 0 Å². The average molecular weight is 350 g/mol. The van der Waals surface area contributed by atoms with Crippen molar-refractivity contribution in [1.82, 2.24) is 5.32 Å². The number of rotatable bonds is 4. The number of aryl methyl sites for hydroxylation is 3. The van der Waals surface area contributed by atoms with Crippen LogP contribution in [0.25, 0.3) is 0 Å². The molecule has 1 nitrogen and oxygen atoms in total. The molecule has 2 aromatic rings. The van der Waals surface area contributed by atoms with Crippen LogP contribution in [-0.4, -0.2) is 6.54 Å². The number of benzene rings is 2. The van der Waals surface area contributed by atoms with Crippen LogP contribution in [0.5, 0.6) is 0 Å². The van der Waals surface area contributed by atoms with E-state index >= 15 is 0 Å². The molecule has 2 aromatic carbocycles. The molecule has 112 valence electrons. The molecule has 0 aliphatic heterocycles. The second-order valence-corrected chi connectivity index (χ2v) is 6.30. The van der Waals surface area contributed by atoms with E-state index in [2.05, 4.69) is 54.2 Å². The minimum Gasteiger partial charge on any atom is -0.307 e. The molecule has 0 spiro atoms. The molecule has 0 bridgehead atoms. The van der Waals surface area contributed by atoms with Crippen molar-refractivity contribution in [2.75, 3.05) is 6.54 Å². The van der Waals surface area contributed by atoms with E-state index in [9.17, 15) is 4.39 Å². The van der Waals surface area contributed by atoms with Crippen molar-refractivity contribution in [2.24, 2.45) is 0 Å². The summed E-state index contributed by atoms with van der Waals surface area (Å²) in [5.41, 5.74) is 5.77. The topological polar surface area (TPSA) is 12.0 Å². The lowest BCUT2D eigenvalue weighted by molar-refractivity contribution is 0.608. The number of hydrogen-bond donors (Lipinski definition) is 1. The second-order valence-electron chi connectivity index (χ2n) is 5.45. The molecule has 0 aromatic heterocycles. The average Bonchev–Trinajstić information content (AvgIpc) is 2.41. The standard InChI is InChI=1S/C18H21BrFN/c1-5-21-18(15-7-6-14(20)8-11(15)2)16-9-13(4)17(19)10-12(16)3/h6-10,18,21H,5H2,1-4H3. The van der Waals surface area contributed by atoms with Crippen LogP contribution >= 0.6 is 15.9 Å². The lowest BCUT2D eigenvalue weighted by atomic mass is 9.91. The van der Waals surface area contributed by atoms with Crippen molar-refractivity contribution in [3.63, 3.8) is 0 Å². The van der Waals surface area contributed by atoms with Gasteiger partial charge in [-0.3, -0.25) is 0 Å². The third-order valence-electron chi connectivity index (χ3n) is 3.81. The van der Waals surface area contributed by atoms with Gasteiger partial charge >= 0.3 is 0 Å². The summed E-state index contributed by atoms with van der Waals surface area (Å²) in [7, 11) is 0. The highest BCUT2D eigenvalue weighted by Gasteiger charge is 2.18. The minimum absolute atomic E-state index is 0.0856. The van der Waals surface area contributed by atoms with Crippen LogP contribution in [0.2, 0.25) is 0 Å². The summed E-state index contributed by atoms with van der Waals surface area (Å²) in [5.74, 6) is -0.185. The molecular formula is C18H21BrFN. The van der Waals surface area contributed by atoms with E-state index in [0.717, 1.165) is 22.1 Å². The monoisotopic (exact) mass is 349 g/mol. The zero-order valence-electron chi connectivity index (χ0n) is 12.9. The zero-order valence-corrected chi connectivity index (χ0v) is 14.5. The highest BCUT2D eigenvalue weighted by Crippen LogP contribution is 2.31. The van der Waals surface area contributed by atoms with E-state index in [1.54, 1.807) is 6.07 Å². The molecule has 0 radical (unpaired) electrons. The van der Waals surface area contributed by atoms with Gasteiger partial charge in [0.25, 0.3) is 0 Å². The molecule has 1 atom stereocenters. The summed E-state index contributed by atoms with van der Waals surface area (Å²) >= 11 is 3.58. The smallest absolute Gasteiger partial charge is 0.123 e. The van der Waals surface area contributed by atoms with E-state index in [1.165, 1.54) is 22.8 Å². The maximum Gasteiger partial charge on any atom is 0.123 e. The van der Waals surface area contributed by atoms with Crippen molar-refractivity contribution in [2.45, 2.75) is 33.7 Å². The Morgan fingerprint density at radius 1 is 1.00 bits per heavy atom. The highest BCUT2D eigenvalue weighted by molar-refractivity contribution is 9.10. The lowest BCUT2D eigenvalue weighted by Crippen LogP contribution is -2.23. The normalized spacial score (nSPS) is 12.5. The van der Waals surface area contributed by atoms with Crippen molar-refractivity contribution < 1.29 is 4.39 Å². The van der Waals surface area contributed by atoms with Gasteiger partial charge in [0.15, 0.2) is 0 Å². The molecule has 2 rings (SSSR count). The molecule has 0 heterocycles. The van der Waals surface area contributed by atoms with Gasteiger partial charge in [-0.2, -0.15) is 0 Å². The first-order valence-electron chi connectivity index (χ1n) is 7.20. The molecule has 0 fully saturated rings. The molecular weight excluding hydrogens is 329 g/mol. The Balaban J connectivity index is 2.55. The summed E-state index contributed by atoms with van der Waals surface area (Å²) in [6.07, 6.45) is 0. The number of nitrogens with one attached hydrogen (secondary N) is 1. The Morgan fingerprint density at radius 3 is 2.29 bits per heavy atom. The van der Waals surface area contributed by atoms with E-state index < -0.39 is 0 Å². The molecule has 0 saturated heterocycles. The molecule has 1 unspecified atom stereocenters. The summed E-state index contributed by atoms with van der Waals surface area (Å²) in [4.78, 5) is 0. The fourth-order valence-electron chi connectivity index (χ4n) is 2.67. The first-order valence-corrected chi connectivity index (χ1v) is 7.99. The first-order chi connectivity index (χ1) is 9.93. The van der Waals surface area contributed by atoms with Crippen LogP contribution < -0.4 is 5.32 Å². The van der Waals surface area contributed by atoms with Crippen LogP contribution in [0.4, 0.5) is 4.39 Å². The Hall–Kier alpha value is -1.19. The molecule has 21 heavy (non-hydrogen) atoms. The van der Waals surface area contributed by atoms with Crippen LogP contribution in [0.15, 0.2) is 34.8 Å². The summed E-state index contributed by atoms with van der Waals surface area (Å²) in [5, 5.41) is 3.53. The van der Waals surface area contributed by atoms with E-state index in [4.69, 9.17) is 0 Å². The zero-order chi connectivity index (χ0) is 15.6. The van der Waals surface area contributed by atoms with Crippen molar-refractivity contribution in [3.8, 4) is 0 Å². The largest absolute Gasteiger partial charge is 0.307 e. The summed E-state index contributed by atoms with van der Waals surface area (Å²) < 4.78 is 14.5. The maximum absolute atomic E-state index is 13.4. The fourth-order valence-corrected chi connectivity index (χ4v) is 3.13. The molecule has 1 N–H and O–H groups in total. The van der Waals surface area contributed by atoms with Gasteiger partial charge in [-0.05, 0) is 73.3 Å². The maximum atomic E-state index is 13.4. The predicted octanol–water partition coefficient (Wildman–Crippen LogP) is 5.21. The van der Waals surface area contributed by atoms with Crippen LogP contribution in [-0.2, 0) is 0 Å². The van der Waals surface area contributed by atoms with Crippen molar-refractivity contribution >= 4 is 15.9 Å². The van der Waals surface area contributed by atoms with Crippen molar-refractivity contribution in [1.29, 1.82) is 0 Å². The van der Waals surface area contributed by atoms with Crippen LogP contribution in [0, 0.1) is 26.6 Å². The van der Waals surface area contributed by atoms with Gasteiger partial charge in [0.05, 0.1) is 6.04 Å². The highest BCUT2D eigenvalue weighted by atomic mass is 79.9. The molecule has 0 amide bonds. The molecule has 0 aliphatic rings. The number of halogens is 2. The third kappa shape index (κ3) is 3.53. The van der Waals surface area contributed by atoms with E-state index in [-0.39, 0.29) is 11.9 Å². The fraction of sp³-hybridized carbons (Fsp3) is 0.333. The van der Waals surface area contributed by atoms with Gasteiger partial charge in [-0.15, -0.1) is 0 Å². The van der Waals surface area contributed by atoms with Gasteiger partial charge in [-0.25, -0.2) is 4.39 Å². The lowest BCUT2D eigenvalue weighted by Gasteiger charge is -2.23. The second kappa shape index (κ2) is 6.71. The molecule has 0 aliphatic carbocycles. The molecule has 3 heteroatoms. The Morgan fingerprint density at radius 2 is 1.67 bits per heavy atom. The number of hydrogen-bond acceptors (Lipinski definition) is 1. The van der Waals surface area contributed by atoms with Gasteiger partial charge in [0.2, 0.25) is 0 Å². The van der Waals surface area contributed by atoms with Gasteiger partial charge < -0.3 is 5.32 Å². The molecule has 0 saturated carbocycles. The minimum atomic E-state index is -0.185. The van der Waals surface area contributed by atoms with Gasteiger partial charge in [-0.1, -0.05) is 35.0 Å². The Labute approximate surface area is 134 Å². The van der Waals surface area contributed by atoms with Crippen LogP contribution in [0.3, 0.4) is 0 Å². The Kier molecular flexibility index (Phi) is 5.17.